The van der Waals surface area contributed by atoms with E-state index in [0.717, 1.165) is 12.0 Å². The van der Waals surface area contributed by atoms with Crippen molar-refractivity contribution >= 4 is 23.6 Å². The number of anilines is 1. The van der Waals surface area contributed by atoms with Gasteiger partial charge in [0.1, 0.15) is 5.82 Å². The highest BCUT2D eigenvalue weighted by Crippen LogP contribution is 2.63. The molecule has 1 aromatic rings. The van der Waals surface area contributed by atoms with E-state index in [9.17, 15) is 14.4 Å². The third kappa shape index (κ3) is 3.55. The first-order chi connectivity index (χ1) is 12.7. The fourth-order valence-corrected chi connectivity index (χ4v) is 4.75. The molecule has 1 aromatic heterocycles. The second-order valence-electron chi connectivity index (χ2n) is 8.41. The summed E-state index contributed by atoms with van der Waals surface area (Å²) in [5, 5.41) is 2.71. The second kappa shape index (κ2) is 6.94. The molecule has 0 aromatic carbocycles. The van der Waals surface area contributed by atoms with E-state index in [1.165, 1.54) is 7.11 Å². The van der Waals surface area contributed by atoms with E-state index >= 15 is 0 Å². The standard InChI is InChI=1S/C20H27N3O4/c1-13-7-8-21-15(9-13)22-16(24)5-6-17(25)23-10-14-19(2,3)11-20(14,12-23)18(26)27-4/h7-9,14H,5-6,10-12H2,1-4H3,(H,21,22,24)/t14-,20+/m1/s1. The number of hydrogen-bond acceptors (Lipinski definition) is 5. The lowest BCUT2D eigenvalue weighted by Gasteiger charge is -2.54. The fraction of sp³-hybridized carbons (Fsp3) is 0.600. The zero-order valence-corrected chi connectivity index (χ0v) is 16.4. The molecule has 2 atom stereocenters. The summed E-state index contributed by atoms with van der Waals surface area (Å²) in [4.78, 5) is 42.8. The largest absolute Gasteiger partial charge is 0.469 e. The lowest BCUT2D eigenvalue weighted by molar-refractivity contribution is -0.174. The number of carbonyl (C=O) groups is 3. The summed E-state index contributed by atoms with van der Waals surface area (Å²) in [6.45, 7) is 7.08. The Bertz CT molecular complexity index is 776. The summed E-state index contributed by atoms with van der Waals surface area (Å²) in [6, 6.07) is 3.62. The summed E-state index contributed by atoms with van der Waals surface area (Å²) in [5.74, 6) is 0.0117. The minimum atomic E-state index is -0.582. The van der Waals surface area contributed by atoms with Gasteiger partial charge in [-0.2, -0.15) is 0 Å². The molecule has 7 heteroatoms. The zero-order chi connectivity index (χ0) is 19.8. The number of nitrogens with one attached hydrogen (secondary N) is 1. The minimum absolute atomic E-state index is 0.0113. The number of amides is 2. The smallest absolute Gasteiger partial charge is 0.314 e. The molecule has 1 aliphatic carbocycles. The summed E-state index contributed by atoms with van der Waals surface area (Å²) >= 11 is 0. The number of nitrogens with zero attached hydrogens (tertiary/aromatic N) is 2. The maximum Gasteiger partial charge on any atom is 0.314 e. The minimum Gasteiger partial charge on any atom is -0.469 e. The van der Waals surface area contributed by atoms with Crippen molar-refractivity contribution < 1.29 is 19.1 Å². The molecule has 2 heterocycles. The van der Waals surface area contributed by atoms with Crippen molar-refractivity contribution in [2.75, 3.05) is 25.5 Å². The molecule has 2 aliphatic rings. The molecule has 1 saturated carbocycles. The molecule has 0 unspecified atom stereocenters. The van der Waals surface area contributed by atoms with E-state index in [1.807, 2.05) is 13.0 Å². The number of ether oxygens (including phenoxy) is 1. The molecular formula is C20H27N3O4. The van der Waals surface area contributed by atoms with Crippen LogP contribution in [0.5, 0.6) is 0 Å². The lowest BCUT2D eigenvalue weighted by atomic mass is 9.48. The molecule has 2 amide bonds. The van der Waals surface area contributed by atoms with E-state index in [0.29, 0.717) is 18.9 Å². The molecule has 7 nitrogen and oxygen atoms in total. The Morgan fingerprint density at radius 1 is 1.33 bits per heavy atom. The van der Waals surface area contributed by atoms with E-state index in [1.54, 1.807) is 17.2 Å². The van der Waals surface area contributed by atoms with Crippen LogP contribution in [0.3, 0.4) is 0 Å². The van der Waals surface area contributed by atoms with Crippen LogP contribution >= 0.6 is 0 Å². The zero-order valence-electron chi connectivity index (χ0n) is 16.4. The Labute approximate surface area is 159 Å². The van der Waals surface area contributed by atoms with Crippen molar-refractivity contribution in [3.8, 4) is 0 Å². The van der Waals surface area contributed by atoms with Crippen molar-refractivity contribution in [3.05, 3.63) is 23.9 Å². The van der Waals surface area contributed by atoms with Gasteiger partial charge >= 0.3 is 5.97 Å². The molecule has 1 N–H and O–H groups in total. The Balaban J connectivity index is 1.56. The Kier molecular flexibility index (Phi) is 4.97. The number of fused-ring (bicyclic) bond motifs is 1. The number of methoxy groups -OCH3 is 1. The van der Waals surface area contributed by atoms with Gasteiger partial charge in [-0.25, -0.2) is 4.98 Å². The van der Waals surface area contributed by atoms with Gasteiger partial charge in [-0.3, -0.25) is 14.4 Å². The first kappa shape index (κ1) is 19.3. The van der Waals surface area contributed by atoms with Crippen LogP contribution in [0.25, 0.3) is 0 Å². The summed E-state index contributed by atoms with van der Waals surface area (Å²) in [5.41, 5.74) is 0.429. The highest BCUT2D eigenvalue weighted by Gasteiger charge is 2.67. The molecule has 0 bridgehead atoms. The molecule has 1 saturated heterocycles. The van der Waals surface area contributed by atoms with Crippen LogP contribution in [0.1, 0.15) is 38.7 Å². The van der Waals surface area contributed by atoms with Crippen LogP contribution in [0.2, 0.25) is 0 Å². The maximum atomic E-state index is 12.6. The normalized spacial score (nSPS) is 25.3. The van der Waals surface area contributed by atoms with Crippen LogP contribution in [0.4, 0.5) is 5.82 Å². The SMILES string of the molecule is COC(=O)[C@@]12CN(C(=O)CCC(=O)Nc3cc(C)ccn3)C[C@@H]1C(C)(C)C2. The van der Waals surface area contributed by atoms with Gasteiger partial charge in [0.15, 0.2) is 0 Å². The lowest BCUT2D eigenvalue weighted by Crippen LogP contribution is -2.57. The van der Waals surface area contributed by atoms with Crippen LogP contribution in [0.15, 0.2) is 18.3 Å². The van der Waals surface area contributed by atoms with E-state index < -0.39 is 5.41 Å². The van der Waals surface area contributed by atoms with Crippen LogP contribution < -0.4 is 5.32 Å². The summed E-state index contributed by atoms with van der Waals surface area (Å²) in [6.07, 6.45) is 2.55. The number of likely N-dealkylation sites (tertiary alicyclic amines) is 1. The highest BCUT2D eigenvalue weighted by atomic mass is 16.5. The molecule has 146 valence electrons. The topological polar surface area (TPSA) is 88.6 Å². The molecule has 0 radical (unpaired) electrons. The highest BCUT2D eigenvalue weighted by molar-refractivity contribution is 5.93. The Hall–Kier alpha value is -2.44. The average Bonchev–Trinajstić information content (AvgIpc) is 2.95. The molecule has 0 spiro atoms. The molecule has 1 aliphatic heterocycles. The van der Waals surface area contributed by atoms with Gasteiger partial charge in [0.05, 0.1) is 12.5 Å². The number of carbonyl (C=O) groups excluding carboxylic acids is 3. The molecular weight excluding hydrogens is 346 g/mol. The number of rotatable bonds is 5. The fourth-order valence-electron chi connectivity index (χ4n) is 4.75. The van der Waals surface area contributed by atoms with Crippen molar-refractivity contribution in [2.45, 2.75) is 40.0 Å². The third-order valence-corrected chi connectivity index (χ3v) is 5.95. The molecule has 3 rings (SSSR count). The van der Waals surface area contributed by atoms with Gasteiger partial charge in [0.25, 0.3) is 0 Å². The van der Waals surface area contributed by atoms with Gasteiger partial charge in [0, 0.05) is 32.1 Å². The number of aromatic nitrogens is 1. The Morgan fingerprint density at radius 2 is 2.07 bits per heavy atom. The van der Waals surface area contributed by atoms with E-state index in [4.69, 9.17) is 4.74 Å². The van der Waals surface area contributed by atoms with Crippen LogP contribution in [0, 0.1) is 23.7 Å². The number of hydrogen-bond donors (Lipinski definition) is 1. The maximum absolute atomic E-state index is 12.6. The summed E-state index contributed by atoms with van der Waals surface area (Å²) < 4.78 is 5.01. The number of esters is 1. The predicted octanol–water partition coefficient (Wildman–Crippen LogP) is 2.16. The number of pyridine rings is 1. The molecule has 2 fully saturated rings. The van der Waals surface area contributed by atoms with Crippen molar-refractivity contribution in [1.29, 1.82) is 0 Å². The monoisotopic (exact) mass is 373 g/mol. The van der Waals surface area contributed by atoms with Gasteiger partial charge < -0.3 is 15.0 Å². The first-order valence-corrected chi connectivity index (χ1v) is 9.27. The van der Waals surface area contributed by atoms with Crippen molar-refractivity contribution in [1.82, 2.24) is 9.88 Å². The van der Waals surface area contributed by atoms with Crippen molar-refractivity contribution in [3.63, 3.8) is 0 Å². The average molecular weight is 373 g/mol. The first-order valence-electron chi connectivity index (χ1n) is 9.27. The van der Waals surface area contributed by atoms with Gasteiger partial charge in [-0.05, 0) is 42.4 Å². The molecule has 27 heavy (non-hydrogen) atoms. The quantitative estimate of drug-likeness (QED) is 0.799. The van der Waals surface area contributed by atoms with Crippen molar-refractivity contribution in [2.24, 2.45) is 16.7 Å². The number of aryl methyl sites for hydroxylation is 1. The van der Waals surface area contributed by atoms with Crippen LogP contribution in [-0.2, 0) is 19.1 Å². The second-order valence-corrected chi connectivity index (χ2v) is 8.41. The van der Waals surface area contributed by atoms with E-state index in [-0.39, 0.29) is 42.0 Å². The predicted molar refractivity (Wildman–Crippen MR) is 99.8 cm³/mol. The summed E-state index contributed by atoms with van der Waals surface area (Å²) in [7, 11) is 1.40. The van der Waals surface area contributed by atoms with Gasteiger partial charge in [-0.1, -0.05) is 13.8 Å². The van der Waals surface area contributed by atoms with Gasteiger partial charge in [0.2, 0.25) is 11.8 Å². The third-order valence-electron chi connectivity index (χ3n) is 5.95. The Morgan fingerprint density at radius 3 is 2.70 bits per heavy atom. The van der Waals surface area contributed by atoms with Gasteiger partial charge in [-0.15, -0.1) is 0 Å². The van der Waals surface area contributed by atoms with Crippen LogP contribution in [-0.4, -0.2) is 47.9 Å². The van der Waals surface area contributed by atoms with E-state index in [2.05, 4.69) is 24.1 Å².